The van der Waals surface area contributed by atoms with Crippen LogP contribution in [-0.2, 0) is 19.9 Å². The van der Waals surface area contributed by atoms with E-state index in [-0.39, 0.29) is 33.7 Å². The highest BCUT2D eigenvalue weighted by atomic mass is 32.2. The van der Waals surface area contributed by atoms with Crippen molar-refractivity contribution in [3.05, 3.63) is 64.5 Å². The molecule has 0 aliphatic rings. The van der Waals surface area contributed by atoms with E-state index < -0.39 is 32.0 Å². The van der Waals surface area contributed by atoms with Gasteiger partial charge in [-0.2, -0.15) is 4.31 Å². The van der Waals surface area contributed by atoms with Gasteiger partial charge in [-0.1, -0.05) is 55.7 Å². The van der Waals surface area contributed by atoms with Crippen LogP contribution in [0, 0.1) is 12.8 Å². The first kappa shape index (κ1) is 25.8. The Kier molecular flexibility index (Phi) is 8.44. The average Bonchev–Trinajstić information content (AvgIpc) is 2.73. The number of sulfone groups is 1. The Morgan fingerprint density at radius 2 is 1.53 bits per heavy atom. The second kappa shape index (κ2) is 10.5. The predicted molar refractivity (Wildman–Crippen MR) is 121 cm³/mol. The first-order valence-corrected chi connectivity index (χ1v) is 13.0. The Morgan fingerprint density at radius 3 is 2.06 bits per heavy atom. The molecule has 2 rings (SSSR count). The van der Waals surface area contributed by atoms with Crippen LogP contribution in [0.2, 0.25) is 0 Å². The SMILES string of the molecule is Cc1ccc(S(=O)(=O)c2ccccc2S(=O)(=O)N(CC(C)C)CC(O)[C@H](C)N=[N+]=[N-])cc1. The quantitative estimate of drug-likeness (QED) is 0.315. The summed E-state index contributed by atoms with van der Waals surface area (Å²) in [4.78, 5) is 1.93. The summed E-state index contributed by atoms with van der Waals surface area (Å²) in [6.45, 7) is 6.60. The Balaban J connectivity index is 2.58. The first-order valence-electron chi connectivity index (χ1n) is 10.0. The summed E-state index contributed by atoms with van der Waals surface area (Å²) in [5.74, 6) is -0.104. The van der Waals surface area contributed by atoms with Gasteiger partial charge in [-0.3, -0.25) is 0 Å². The summed E-state index contributed by atoms with van der Waals surface area (Å²) in [7, 11) is -8.43. The Labute approximate surface area is 189 Å². The molecule has 174 valence electrons. The fourth-order valence-corrected chi connectivity index (χ4v) is 6.74. The third kappa shape index (κ3) is 5.87. The molecule has 0 aliphatic carbocycles. The van der Waals surface area contributed by atoms with E-state index in [4.69, 9.17) is 5.53 Å². The van der Waals surface area contributed by atoms with Crippen molar-refractivity contribution in [2.45, 2.75) is 54.5 Å². The molecule has 0 saturated heterocycles. The number of azide groups is 1. The molecular formula is C21H28N4O5S2. The fourth-order valence-electron chi connectivity index (χ4n) is 3.07. The molecule has 0 fully saturated rings. The van der Waals surface area contributed by atoms with Crippen molar-refractivity contribution in [1.82, 2.24) is 4.31 Å². The number of aliphatic hydroxyl groups is 1. The molecule has 0 heterocycles. The lowest BCUT2D eigenvalue weighted by Gasteiger charge is -2.28. The van der Waals surface area contributed by atoms with Crippen LogP contribution in [0.4, 0.5) is 0 Å². The maximum atomic E-state index is 13.6. The number of sulfonamides is 1. The van der Waals surface area contributed by atoms with Gasteiger partial charge in [0.1, 0.15) is 4.90 Å². The molecule has 9 nitrogen and oxygen atoms in total. The summed E-state index contributed by atoms with van der Waals surface area (Å²) in [6, 6.07) is 10.7. The summed E-state index contributed by atoms with van der Waals surface area (Å²) in [6.07, 6.45) is -1.26. The van der Waals surface area contributed by atoms with Crippen molar-refractivity contribution in [2.75, 3.05) is 13.1 Å². The predicted octanol–water partition coefficient (Wildman–Crippen LogP) is 3.53. The topological polar surface area (TPSA) is 141 Å². The number of hydrogen-bond donors (Lipinski definition) is 1. The lowest BCUT2D eigenvalue weighted by molar-refractivity contribution is 0.122. The van der Waals surface area contributed by atoms with Gasteiger partial charge in [-0.15, -0.1) is 0 Å². The number of aliphatic hydroxyl groups excluding tert-OH is 1. The van der Waals surface area contributed by atoms with E-state index in [1.807, 2.05) is 6.92 Å². The second-order valence-electron chi connectivity index (χ2n) is 7.99. The average molecular weight is 481 g/mol. The van der Waals surface area contributed by atoms with Gasteiger partial charge < -0.3 is 5.11 Å². The van der Waals surface area contributed by atoms with Crippen molar-refractivity contribution >= 4 is 19.9 Å². The zero-order valence-corrected chi connectivity index (χ0v) is 20.1. The molecule has 0 amide bonds. The molecule has 0 saturated carbocycles. The van der Waals surface area contributed by atoms with Crippen molar-refractivity contribution in [1.29, 1.82) is 0 Å². The fraction of sp³-hybridized carbons (Fsp3) is 0.429. The van der Waals surface area contributed by atoms with Crippen LogP contribution < -0.4 is 0 Å². The molecule has 0 aromatic heterocycles. The summed E-state index contributed by atoms with van der Waals surface area (Å²) in [5.41, 5.74) is 9.47. The maximum absolute atomic E-state index is 13.6. The number of nitrogens with zero attached hydrogens (tertiary/aromatic N) is 4. The number of aryl methyl sites for hydroxylation is 1. The van der Waals surface area contributed by atoms with Crippen LogP contribution in [0.3, 0.4) is 0 Å². The zero-order chi connectivity index (χ0) is 24.1. The van der Waals surface area contributed by atoms with Crippen LogP contribution >= 0.6 is 0 Å². The van der Waals surface area contributed by atoms with Gasteiger partial charge in [-0.25, -0.2) is 16.8 Å². The normalized spacial score (nSPS) is 14.2. The molecule has 1 unspecified atom stereocenters. The third-order valence-corrected chi connectivity index (χ3v) is 8.68. The van der Waals surface area contributed by atoms with E-state index in [9.17, 15) is 21.9 Å². The van der Waals surface area contributed by atoms with Gasteiger partial charge in [0.2, 0.25) is 19.9 Å². The number of hydrogen-bond acceptors (Lipinski definition) is 6. The standard InChI is InChI=1S/C21H28N4O5S2/c1-15(2)13-25(14-19(26)17(4)23-24-22)32(29,30)21-8-6-5-7-20(21)31(27,28)18-11-9-16(3)10-12-18/h5-12,15,17,19,26H,13-14H2,1-4H3/t17-,19?/m0/s1. The number of rotatable bonds is 10. The molecule has 2 atom stereocenters. The molecule has 0 radical (unpaired) electrons. The first-order chi connectivity index (χ1) is 14.9. The van der Waals surface area contributed by atoms with Crippen molar-refractivity contribution in [3.8, 4) is 0 Å². The summed E-state index contributed by atoms with van der Waals surface area (Å²) in [5, 5.41) is 13.8. The van der Waals surface area contributed by atoms with Gasteiger partial charge >= 0.3 is 0 Å². The van der Waals surface area contributed by atoms with Crippen molar-refractivity contribution in [3.63, 3.8) is 0 Å². The highest BCUT2D eigenvalue weighted by Gasteiger charge is 2.34. The lowest BCUT2D eigenvalue weighted by atomic mass is 10.2. The van der Waals surface area contributed by atoms with E-state index in [1.165, 1.54) is 43.3 Å². The summed E-state index contributed by atoms with van der Waals surface area (Å²) < 4.78 is 54.8. The lowest BCUT2D eigenvalue weighted by Crippen LogP contribution is -2.43. The Bertz CT molecular complexity index is 1190. The molecule has 11 heteroatoms. The van der Waals surface area contributed by atoms with E-state index in [0.717, 1.165) is 9.87 Å². The highest BCUT2D eigenvalue weighted by Crippen LogP contribution is 2.30. The second-order valence-corrected chi connectivity index (χ2v) is 11.8. The van der Waals surface area contributed by atoms with Crippen molar-refractivity contribution in [2.24, 2.45) is 11.0 Å². The highest BCUT2D eigenvalue weighted by molar-refractivity contribution is 7.93. The van der Waals surface area contributed by atoms with Crippen LogP contribution in [0.15, 0.2) is 68.3 Å². The minimum Gasteiger partial charge on any atom is -0.391 e. The third-order valence-electron chi connectivity index (χ3n) is 4.84. The maximum Gasteiger partial charge on any atom is 0.244 e. The molecule has 0 spiro atoms. The molecular weight excluding hydrogens is 452 g/mol. The van der Waals surface area contributed by atoms with E-state index in [2.05, 4.69) is 10.0 Å². The van der Waals surface area contributed by atoms with E-state index >= 15 is 0 Å². The van der Waals surface area contributed by atoms with Gasteiger partial charge in [0.05, 0.1) is 21.9 Å². The van der Waals surface area contributed by atoms with Gasteiger partial charge in [-0.05, 0) is 42.6 Å². The number of benzene rings is 2. The summed E-state index contributed by atoms with van der Waals surface area (Å²) >= 11 is 0. The van der Waals surface area contributed by atoms with Crippen LogP contribution in [0.25, 0.3) is 10.4 Å². The van der Waals surface area contributed by atoms with Crippen molar-refractivity contribution < 1.29 is 21.9 Å². The van der Waals surface area contributed by atoms with Crippen LogP contribution in [-0.4, -0.2) is 51.5 Å². The van der Waals surface area contributed by atoms with Gasteiger partial charge in [0, 0.05) is 18.0 Å². The largest absolute Gasteiger partial charge is 0.391 e. The van der Waals surface area contributed by atoms with Gasteiger partial charge in [0.15, 0.2) is 0 Å². The zero-order valence-electron chi connectivity index (χ0n) is 18.5. The molecule has 0 aliphatic heterocycles. The smallest absolute Gasteiger partial charge is 0.244 e. The molecule has 32 heavy (non-hydrogen) atoms. The molecule has 0 bridgehead atoms. The van der Waals surface area contributed by atoms with E-state index in [1.54, 1.807) is 26.0 Å². The molecule has 2 aromatic carbocycles. The minimum atomic E-state index is -4.31. The van der Waals surface area contributed by atoms with Gasteiger partial charge in [0.25, 0.3) is 0 Å². The minimum absolute atomic E-state index is 0.0156. The van der Waals surface area contributed by atoms with E-state index in [0.29, 0.717) is 0 Å². The Morgan fingerprint density at radius 1 is 0.969 bits per heavy atom. The Hall–Kier alpha value is -2.43. The molecule has 1 N–H and O–H groups in total. The van der Waals surface area contributed by atoms with Crippen LogP contribution in [0.1, 0.15) is 26.3 Å². The molecule has 2 aromatic rings. The monoisotopic (exact) mass is 480 g/mol. The van der Waals surface area contributed by atoms with Crippen LogP contribution in [0.5, 0.6) is 0 Å².